The highest BCUT2D eigenvalue weighted by Crippen LogP contribution is 1.92. The smallest absolute Gasteiger partial charge is 0.244 e. The van der Waals surface area contributed by atoms with Crippen molar-refractivity contribution in [3.63, 3.8) is 0 Å². The van der Waals surface area contributed by atoms with Crippen molar-refractivity contribution in [2.45, 2.75) is 12.5 Å². The summed E-state index contributed by atoms with van der Waals surface area (Å²) >= 11 is 0. The molecule has 74 valence electrons. The van der Waals surface area contributed by atoms with E-state index in [1.807, 2.05) is 0 Å². The zero-order valence-corrected chi connectivity index (χ0v) is 7.42. The van der Waals surface area contributed by atoms with Gasteiger partial charge in [-0.1, -0.05) is 0 Å². The summed E-state index contributed by atoms with van der Waals surface area (Å²) in [6, 6.07) is -0.308. The Bertz CT molecular complexity index is 215. The molecule has 0 aromatic rings. The molecule has 1 aliphatic heterocycles. The summed E-state index contributed by atoms with van der Waals surface area (Å²) in [6.07, 6.45) is 0.787. The van der Waals surface area contributed by atoms with E-state index in [4.69, 9.17) is 11.5 Å². The van der Waals surface area contributed by atoms with Crippen LogP contribution in [0.5, 0.6) is 0 Å². The van der Waals surface area contributed by atoms with Crippen LogP contribution in [0.2, 0.25) is 0 Å². The van der Waals surface area contributed by atoms with E-state index in [-0.39, 0.29) is 11.9 Å². The van der Waals surface area contributed by atoms with Gasteiger partial charge >= 0.3 is 0 Å². The molecule has 0 aromatic carbocycles. The normalized spacial score (nSPS) is 20.7. The molecule has 6 heteroatoms. The zero-order valence-electron chi connectivity index (χ0n) is 7.42. The molecule has 0 radical (unpaired) electrons. The molecular formula is C7H15N5O. The molecule has 0 bridgehead atoms. The molecule has 6 N–H and O–H groups in total. The second-order valence-electron chi connectivity index (χ2n) is 2.86. The highest BCUT2D eigenvalue weighted by molar-refractivity contribution is 5.90. The molecule has 1 aliphatic rings. The van der Waals surface area contributed by atoms with Crippen molar-refractivity contribution < 1.29 is 4.79 Å². The first-order valence-electron chi connectivity index (χ1n) is 4.28. The van der Waals surface area contributed by atoms with Crippen LogP contribution in [0.4, 0.5) is 0 Å². The number of carbonyl (C=O) groups is 1. The van der Waals surface area contributed by atoms with E-state index < -0.39 is 0 Å². The Balaban J connectivity index is 2.18. The van der Waals surface area contributed by atoms with Gasteiger partial charge in [0.2, 0.25) is 5.91 Å². The minimum atomic E-state index is -0.308. The van der Waals surface area contributed by atoms with Gasteiger partial charge in [0.25, 0.3) is 0 Å². The van der Waals surface area contributed by atoms with Gasteiger partial charge in [-0.05, 0) is 13.0 Å². The summed E-state index contributed by atoms with van der Waals surface area (Å²) in [4.78, 5) is 15.2. The average Bonchev–Trinajstić information content (AvgIpc) is 2.52. The van der Waals surface area contributed by atoms with Crippen LogP contribution in [0.15, 0.2) is 4.99 Å². The molecule has 0 saturated heterocycles. The average molecular weight is 185 g/mol. The second kappa shape index (κ2) is 4.66. The van der Waals surface area contributed by atoms with Crippen LogP contribution in [0, 0.1) is 0 Å². The molecular weight excluding hydrogens is 170 g/mol. The second-order valence-corrected chi connectivity index (χ2v) is 2.86. The molecule has 0 spiro atoms. The Kier molecular flexibility index (Phi) is 3.51. The van der Waals surface area contributed by atoms with Crippen molar-refractivity contribution >= 4 is 11.9 Å². The number of guanidine groups is 1. The van der Waals surface area contributed by atoms with Gasteiger partial charge < -0.3 is 22.1 Å². The van der Waals surface area contributed by atoms with E-state index in [0.717, 1.165) is 6.42 Å². The van der Waals surface area contributed by atoms with Crippen molar-refractivity contribution in [2.24, 2.45) is 16.5 Å². The number of aliphatic imine (C=N–C) groups is 1. The summed E-state index contributed by atoms with van der Waals surface area (Å²) in [5.41, 5.74) is 10.6. The third kappa shape index (κ3) is 2.90. The van der Waals surface area contributed by atoms with Crippen LogP contribution in [-0.2, 0) is 4.79 Å². The Hall–Kier alpha value is -1.30. The van der Waals surface area contributed by atoms with Crippen LogP contribution < -0.4 is 22.1 Å². The quantitative estimate of drug-likeness (QED) is 0.371. The summed E-state index contributed by atoms with van der Waals surface area (Å²) in [7, 11) is 0. The lowest BCUT2D eigenvalue weighted by Gasteiger charge is -2.10. The highest BCUT2D eigenvalue weighted by atomic mass is 16.2. The maximum Gasteiger partial charge on any atom is 0.244 e. The van der Waals surface area contributed by atoms with Crippen molar-refractivity contribution in [3.8, 4) is 0 Å². The number of nitrogens with two attached hydrogens (primary N) is 2. The summed E-state index contributed by atoms with van der Waals surface area (Å²) in [5, 5.41) is 5.50. The molecule has 6 nitrogen and oxygen atoms in total. The zero-order chi connectivity index (χ0) is 9.68. The fourth-order valence-electron chi connectivity index (χ4n) is 1.04. The van der Waals surface area contributed by atoms with Gasteiger partial charge in [-0.2, -0.15) is 0 Å². The SMILES string of the molecule is NCCCNC(=O)C1CN=C(N)N1. The lowest BCUT2D eigenvalue weighted by atomic mass is 10.3. The first kappa shape index (κ1) is 9.79. The first-order chi connectivity index (χ1) is 6.24. The molecule has 1 heterocycles. The molecule has 0 saturated carbocycles. The topological polar surface area (TPSA) is 106 Å². The molecule has 0 aliphatic carbocycles. The number of carbonyl (C=O) groups excluding carboxylic acids is 1. The van der Waals surface area contributed by atoms with Gasteiger partial charge in [-0.15, -0.1) is 0 Å². The van der Waals surface area contributed by atoms with E-state index in [0.29, 0.717) is 25.6 Å². The maximum absolute atomic E-state index is 11.3. The lowest BCUT2D eigenvalue weighted by molar-refractivity contribution is -0.122. The summed E-state index contributed by atoms with van der Waals surface area (Å²) in [6.45, 7) is 1.60. The fourth-order valence-corrected chi connectivity index (χ4v) is 1.04. The molecule has 1 atom stereocenters. The van der Waals surface area contributed by atoms with Crippen LogP contribution in [0.3, 0.4) is 0 Å². The van der Waals surface area contributed by atoms with E-state index in [2.05, 4.69) is 15.6 Å². The minimum absolute atomic E-state index is 0.0716. The molecule has 0 aromatic heterocycles. The largest absolute Gasteiger partial charge is 0.370 e. The van der Waals surface area contributed by atoms with Crippen molar-refractivity contribution in [3.05, 3.63) is 0 Å². The predicted octanol–water partition coefficient (Wildman–Crippen LogP) is -2.26. The van der Waals surface area contributed by atoms with Gasteiger partial charge in [0, 0.05) is 6.54 Å². The Morgan fingerprint density at radius 3 is 3.08 bits per heavy atom. The lowest BCUT2D eigenvalue weighted by Crippen LogP contribution is -2.46. The van der Waals surface area contributed by atoms with E-state index in [1.54, 1.807) is 0 Å². The standard InChI is InChI=1S/C7H15N5O/c8-2-1-3-10-6(13)5-4-11-7(9)12-5/h5H,1-4,8H2,(H,10,13)(H3,9,11,12). The van der Waals surface area contributed by atoms with Crippen LogP contribution in [0.1, 0.15) is 6.42 Å². The molecule has 13 heavy (non-hydrogen) atoms. The van der Waals surface area contributed by atoms with Gasteiger partial charge in [0.05, 0.1) is 6.54 Å². The third-order valence-electron chi connectivity index (χ3n) is 1.76. The van der Waals surface area contributed by atoms with Crippen LogP contribution >= 0.6 is 0 Å². The van der Waals surface area contributed by atoms with Crippen LogP contribution in [0.25, 0.3) is 0 Å². The van der Waals surface area contributed by atoms with Gasteiger partial charge in [-0.3, -0.25) is 9.79 Å². The number of nitrogens with one attached hydrogen (secondary N) is 2. The van der Waals surface area contributed by atoms with E-state index in [9.17, 15) is 4.79 Å². The summed E-state index contributed by atoms with van der Waals surface area (Å²) < 4.78 is 0. The fraction of sp³-hybridized carbons (Fsp3) is 0.714. The van der Waals surface area contributed by atoms with Gasteiger partial charge in [0.15, 0.2) is 5.96 Å². The number of rotatable bonds is 4. The minimum Gasteiger partial charge on any atom is -0.370 e. The Morgan fingerprint density at radius 2 is 2.54 bits per heavy atom. The molecule has 0 fully saturated rings. The molecule has 1 amide bonds. The van der Waals surface area contributed by atoms with Crippen molar-refractivity contribution in [2.75, 3.05) is 19.6 Å². The predicted molar refractivity (Wildman–Crippen MR) is 50.1 cm³/mol. The highest BCUT2D eigenvalue weighted by Gasteiger charge is 2.22. The molecule has 1 rings (SSSR count). The number of nitrogens with zero attached hydrogens (tertiary/aromatic N) is 1. The Morgan fingerprint density at radius 1 is 1.77 bits per heavy atom. The Labute approximate surface area is 76.8 Å². The first-order valence-corrected chi connectivity index (χ1v) is 4.28. The van der Waals surface area contributed by atoms with Gasteiger partial charge in [-0.25, -0.2) is 0 Å². The van der Waals surface area contributed by atoms with E-state index in [1.165, 1.54) is 0 Å². The summed E-state index contributed by atoms with van der Waals surface area (Å²) in [5.74, 6) is 0.261. The van der Waals surface area contributed by atoms with E-state index >= 15 is 0 Å². The number of hydrogen-bond acceptors (Lipinski definition) is 5. The van der Waals surface area contributed by atoms with Gasteiger partial charge in [0.1, 0.15) is 6.04 Å². The van der Waals surface area contributed by atoms with Crippen molar-refractivity contribution in [1.82, 2.24) is 10.6 Å². The molecule has 1 unspecified atom stereocenters. The number of amides is 1. The van der Waals surface area contributed by atoms with Crippen molar-refractivity contribution in [1.29, 1.82) is 0 Å². The maximum atomic E-state index is 11.3. The third-order valence-corrected chi connectivity index (χ3v) is 1.76. The monoisotopic (exact) mass is 185 g/mol. The number of hydrogen-bond donors (Lipinski definition) is 4. The van der Waals surface area contributed by atoms with Crippen LogP contribution in [-0.4, -0.2) is 37.5 Å².